The van der Waals surface area contributed by atoms with E-state index in [0.717, 1.165) is 16.7 Å². The summed E-state index contributed by atoms with van der Waals surface area (Å²) in [4.78, 5) is 10.6. The lowest BCUT2D eigenvalue weighted by Crippen LogP contribution is -2.16. The van der Waals surface area contributed by atoms with Crippen LogP contribution in [-0.2, 0) is 4.79 Å². The fraction of sp³-hybridized carbons (Fsp3) is 0.462. The monoisotopic (exact) mass is 271 g/mol. The number of nitrogens with two attached hydrogens (primary N) is 1. The minimum atomic E-state index is -0.873. The van der Waals surface area contributed by atoms with Gasteiger partial charge >= 0.3 is 5.97 Å². The summed E-state index contributed by atoms with van der Waals surface area (Å²) in [7, 11) is 0. The molecule has 0 radical (unpaired) electrons. The molecule has 18 heavy (non-hydrogen) atoms. The van der Waals surface area contributed by atoms with Crippen molar-refractivity contribution in [3.05, 3.63) is 27.3 Å². The zero-order chi connectivity index (χ0) is 14.0. The number of hydrogen-bond acceptors (Lipinski definition) is 3. The van der Waals surface area contributed by atoms with E-state index in [2.05, 4.69) is 0 Å². The van der Waals surface area contributed by atoms with Crippen molar-refractivity contribution in [2.75, 3.05) is 0 Å². The van der Waals surface area contributed by atoms with Crippen LogP contribution in [0.2, 0.25) is 5.02 Å². The first-order chi connectivity index (χ1) is 8.27. The van der Waals surface area contributed by atoms with Crippen LogP contribution in [0, 0.1) is 20.8 Å². The Balaban J connectivity index is 3.20. The Kier molecular flexibility index (Phi) is 4.59. The van der Waals surface area contributed by atoms with Crippen LogP contribution in [0.1, 0.15) is 41.1 Å². The van der Waals surface area contributed by atoms with Crippen molar-refractivity contribution in [3.8, 4) is 5.75 Å². The van der Waals surface area contributed by atoms with Gasteiger partial charge in [-0.2, -0.15) is 0 Å². The quantitative estimate of drug-likeness (QED) is 0.786. The molecule has 0 saturated carbocycles. The zero-order valence-electron chi connectivity index (χ0n) is 10.7. The molecule has 1 aromatic rings. The second-order valence-electron chi connectivity index (χ2n) is 4.49. The lowest BCUT2D eigenvalue weighted by atomic mass is 9.90. The van der Waals surface area contributed by atoms with Crippen molar-refractivity contribution >= 4 is 17.6 Å². The van der Waals surface area contributed by atoms with Gasteiger partial charge in [0.25, 0.3) is 0 Å². The second kappa shape index (κ2) is 5.59. The molecule has 0 bridgehead atoms. The minimum Gasteiger partial charge on any atom is -0.506 e. The molecule has 0 saturated heterocycles. The molecular weight excluding hydrogens is 254 g/mol. The van der Waals surface area contributed by atoms with Crippen molar-refractivity contribution < 1.29 is 15.0 Å². The Morgan fingerprint density at radius 3 is 2.33 bits per heavy atom. The van der Waals surface area contributed by atoms with E-state index in [1.807, 2.05) is 6.92 Å². The molecular formula is C13H18ClNO3. The highest BCUT2D eigenvalue weighted by Gasteiger charge is 2.20. The standard InChI is InChI=1S/C13H18ClNO3/c1-6-7(2)13(18)12(14)8(3)11(6)9(15)4-5-10(16)17/h9,18H,4-5,15H2,1-3H3,(H,16,17). The molecule has 0 amide bonds. The maximum absolute atomic E-state index is 10.6. The number of phenolic OH excluding ortho intramolecular Hbond substituents is 1. The van der Waals surface area contributed by atoms with Crippen molar-refractivity contribution in [3.63, 3.8) is 0 Å². The Bertz CT molecular complexity index is 457. The Morgan fingerprint density at radius 1 is 1.28 bits per heavy atom. The molecule has 0 aliphatic heterocycles. The summed E-state index contributed by atoms with van der Waals surface area (Å²) in [6.45, 7) is 5.40. The van der Waals surface area contributed by atoms with E-state index in [9.17, 15) is 9.90 Å². The van der Waals surface area contributed by atoms with E-state index in [-0.39, 0.29) is 12.2 Å². The van der Waals surface area contributed by atoms with Gasteiger partial charge in [-0.05, 0) is 49.4 Å². The summed E-state index contributed by atoms with van der Waals surface area (Å²) in [5.41, 5.74) is 9.13. The van der Waals surface area contributed by atoms with Crippen LogP contribution in [0.5, 0.6) is 5.75 Å². The SMILES string of the molecule is Cc1c(C)c(C(N)CCC(=O)O)c(C)c(Cl)c1O. The molecule has 0 fully saturated rings. The van der Waals surface area contributed by atoms with Crippen LogP contribution in [0.15, 0.2) is 0 Å². The van der Waals surface area contributed by atoms with Gasteiger partial charge in [-0.3, -0.25) is 4.79 Å². The van der Waals surface area contributed by atoms with Gasteiger partial charge in [-0.25, -0.2) is 0 Å². The third-order valence-electron chi connectivity index (χ3n) is 3.30. The van der Waals surface area contributed by atoms with E-state index in [0.29, 0.717) is 17.0 Å². The number of phenols is 1. The second-order valence-corrected chi connectivity index (χ2v) is 4.87. The number of halogens is 1. The van der Waals surface area contributed by atoms with E-state index in [1.54, 1.807) is 13.8 Å². The van der Waals surface area contributed by atoms with Gasteiger partial charge in [0.2, 0.25) is 0 Å². The molecule has 0 heterocycles. The van der Waals surface area contributed by atoms with Gasteiger partial charge in [0.1, 0.15) is 5.75 Å². The smallest absolute Gasteiger partial charge is 0.303 e. The first-order valence-corrected chi connectivity index (χ1v) is 6.10. The average molecular weight is 272 g/mol. The number of aliphatic carboxylic acids is 1. The topological polar surface area (TPSA) is 83.6 Å². The van der Waals surface area contributed by atoms with E-state index in [1.165, 1.54) is 0 Å². The number of carboxylic acid groups (broad SMARTS) is 1. The predicted octanol–water partition coefficient (Wildman–Crippen LogP) is 2.84. The molecule has 1 atom stereocenters. The first-order valence-electron chi connectivity index (χ1n) is 5.72. The zero-order valence-corrected chi connectivity index (χ0v) is 11.5. The maximum Gasteiger partial charge on any atom is 0.303 e. The van der Waals surface area contributed by atoms with Gasteiger partial charge in [0, 0.05) is 12.5 Å². The number of hydrogen-bond donors (Lipinski definition) is 3. The molecule has 5 heteroatoms. The fourth-order valence-electron chi connectivity index (χ4n) is 2.10. The van der Waals surface area contributed by atoms with Gasteiger partial charge in [0.15, 0.2) is 0 Å². The highest BCUT2D eigenvalue weighted by molar-refractivity contribution is 6.33. The van der Waals surface area contributed by atoms with Crippen LogP contribution in [0.4, 0.5) is 0 Å². The van der Waals surface area contributed by atoms with Gasteiger partial charge < -0.3 is 15.9 Å². The van der Waals surface area contributed by atoms with Crippen molar-refractivity contribution in [2.24, 2.45) is 5.73 Å². The third-order valence-corrected chi connectivity index (χ3v) is 3.77. The molecule has 0 aliphatic carbocycles. The van der Waals surface area contributed by atoms with E-state index in [4.69, 9.17) is 22.4 Å². The normalized spacial score (nSPS) is 12.5. The lowest BCUT2D eigenvalue weighted by molar-refractivity contribution is -0.137. The molecule has 4 nitrogen and oxygen atoms in total. The maximum atomic E-state index is 10.6. The predicted molar refractivity (Wildman–Crippen MR) is 71.1 cm³/mol. The Morgan fingerprint density at radius 2 is 1.83 bits per heavy atom. The Labute approximate surface area is 111 Å². The summed E-state index contributed by atoms with van der Waals surface area (Å²) in [5, 5.41) is 18.8. The van der Waals surface area contributed by atoms with Gasteiger partial charge in [-0.15, -0.1) is 0 Å². The summed E-state index contributed by atoms with van der Waals surface area (Å²) in [6, 6.07) is -0.391. The number of carbonyl (C=O) groups is 1. The molecule has 100 valence electrons. The molecule has 0 aliphatic rings. The Hall–Kier alpha value is -1.26. The van der Waals surface area contributed by atoms with Crippen molar-refractivity contribution in [2.45, 2.75) is 39.7 Å². The van der Waals surface area contributed by atoms with Gasteiger partial charge in [-0.1, -0.05) is 11.6 Å². The summed E-state index contributed by atoms with van der Waals surface area (Å²) < 4.78 is 0. The number of rotatable bonds is 4. The lowest BCUT2D eigenvalue weighted by Gasteiger charge is -2.21. The van der Waals surface area contributed by atoms with E-state index >= 15 is 0 Å². The highest BCUT2D eigenvalue weighted by atomic mass is 35.5. The molecule has 0 spiro atoms. The van der Waals surface area contributed by atoms with Gasteiger partial charge in [0.05, 0.1) is 5.02 Å². The van der Waals surface area contributed by atoms with Crippen LogP contribution in [-0.4, -0.2) is 16.2 Å². The summed E-state index contributed by atoms with van der Waals surface area (Å²) in [5.74, 6) is -0.803. The van der Waals surface area contributed by atoms with Crippen LogP contribution >= 0.6 is 11.6 Å². The number of benzene rings is 1. The molecule has 1 aromatic carbocycles. The van der Waals surface area contributed by atoms with Crippen LogP contribution in [0.3, 0.4) is 0 Å². The first kappa shape index (κ1) is 14.8. The molecule has 0 aromatic heterocycles. The summed E-state index contributed by atoms with van der Waals surface area (Å²) in [6.07, 6.45) is 0.356. The fourth-order valence-corrected chi connectivity index (χ4v) is 2.34. The van der Waals surface area contributed by atoms with Crippen LogP contribution < -0.4 is 5.73 Å². The largest absolute Gasteiger partial charge is 0.506 e. The molecule has 4 N–H and O–H groups in total. The molecule has 1 unspecified atom stereocenters. The van der Waals surface area contributed by atoms with E-state index < -0.39 is 12.0 Å². The molecule has 1 rings (SSSR count). The minimum absolute atomic E-state index is 0.0115. The summed E-state index contributed by atoms with van der Waals surface area (Å²) >= 11 is 6.04. The van der Waals surface area contributed by atoms with Crippen LogP contribution in [0.25, 0.3) is 0 Å². The number of aromatic hydroxyl groups is 1. The highest BCUT2D eigenvalue weighted by Crippen LogP contribution is 2.38. The third kappa shape index (κ3) is 2.76. The van der Waals surface area contributed by atoms with Crippen molar-refractivity contribution in [1.82, 2.24) is 0 Å². The van der Waals surface area contributed by atoms with Crippen molar-refractivity contribution in [1.29, 1.82) is 0 Å². The average Bonchev–Trinajstić information content (AvgIpc) is 2.31. The number of carboxylic acids is 1.